The quantitative estimate of drug-likeness (QED) is 0.715. The Balaban J connectivity index is 2.81. The van der Waals surface area contributed by atoms with E-state index < -0.39 is 0 Å². The lowest BCUT2D eigenvalue weighted by atomic mass is 10.0. The highest BCUT2D eigenvalue weighted by molar-refractivity contribution is 9.09. The van der Waals surface area contributed by atoms with E-state index in [4.69, 9.17) is 16.3 Å². The van der Waals surface area contributed by atoms with Crippen LogP contribution in [0.2, 0.25) is 0 Å². The average Bonchev–Trinajstić information content (AvgIpc) is 2.27. The fraction of sp³-hybridized carbons (Fsp3) is 0.500. The van der Waals surface area contributed by atoms with E-state index in [2.05, 4.69) is 28.1 Å². The second-order valence-corrected chi connectivity index (χ2v) is 4.35. The first kappa shape index (κ1) is 12.9. The van der Waals surface area contributed by atoms with E-state index in [9.17, 15) is 0 Å². The van der Waals surface area contributed by atoms with Gasteiger partial charge in [-0.25, -0.2) is 0 Å². The van der Waals surface area contributed by atoms with Gasteiger partial charge in [-0.2, -0.15) is 0 Å². The Kier molecular flexibility index (Phi) is 6.11. The summed E-state index contributed by atoms with van der Waals surface area (Å²) >= 11 is 9.33. The van der Waals surface area contributed by atoms with E-state index in [-0.39, 0.29) is 0 Å². The molecule has 0 heterocycles. The van der Waals surface area contributed by atoms with Crippen LogP contribution in [0.15, 0.2) is 18.2 Å². The summed E-state index contributed by atoms with van der Waals surface area (Å²) in [5.74, 6) is 1.51. The maximum absolute atomic E-state index is 5.89. The third-order valence-corrected chi connectivity index (χ3v) is 3.06. The molecule has 0 saturated carbocycles. The van der Waals surface area contributed by atoms with Crippen molar-refractivity contribution in [3.05, 3.63) is 29.3 Å². The SMILES string of the molecule is CCOc1ccc(CCl)c(CCCBr)c1. The Morgan fingerprint density at radius 2 is 2.13 bits per heavy atom. The number of halogens is 2. The van der Waals surface area contributed by atoms with Crippen LogP contribution >= 0.6 is 27.5 Å². The van der Waals surface area contributed by atoms with Gasteiger partial charge in [0.15, 0.2) is 0 Å². The van der Waals surface area contributed by atoms with Crippen LogP contribution in [-0.4, -0.2) is 11.9 Å². The molecular weight excluding hydrogens is 275 g/mol. The Labute approximate surface area is 105 Å². The molecule has 15 heavy (non-hydrogen) atoms. The predicted octanol–water partition coefficient (Wildman–Crippen LogP) is 4.15. The van der Waals surface area contributed by atoms with Gasteiger partial charge < -0.3 is 4.74 Å². The zero-order valence-electron chi connectivity index (χ0n) is 8.93. The maximum atomic E-state index is 5.89. The Morgan fingerprint density at radius 3 is 2.73 bits per heavy atom. The summed E-state index contributed by atoms with van der Waals surface area (Å²) in [7, 11) is 0. The van der Waals surface area contributed by atoms with Crippen molar-refractivity contribution in [1.82, 2.24) is 0 Å². The second-order valence-electron chi connectivity index (χ2n) is 3.29. The normalized spacial score (nSPS) is 10.3. The van der Waals surface area contributed by atoms with Crippen LogP contribution in [0.4, 0.5) is 0 Å². The Morgan fingerprint density at radius 1 is 1.33 bits per heavy atom. The van der Waals surface area contributed by atoms with Crippen LogP contribution in [0.5, 0.6) is 5.75 Å². The molecule has 0 aliphatic rings. The molecule has 0 fully saturated rings. The lowest BCUT2D eigenvalue weighted by molar-refractivity contribution is 0.340. The zero-order chi connectivity index (χ0) is 11.1. The summed E-state index contributed by atoms with van der Waals surface area (Å²) in [5, 5.41) is 1.02. The first-order valence-electron chi connectivity index (χ1n) is 5.18. The molecule has 84 valence electrons. The van der Waals surface area contributed by atoms with Crippen LogP contribution < -0.4 is 4.74 Å². The largest absolute Gasteiger partial charge is 0.494 e. The summed E-state index contributed by atoms with van der Waals surface area (Å²) in [4.78, 5) is 0. The van der Waals surface area contributed by atoms with Crippen molar-refractivity contribution in [3.63, 3.8) is 0 Å². The number of benzene rings is 1. The minimum atomic E-state index is 0.573. The summed E-state index contributed by atoms with van der Waals surface area (Å²) in [6.07, 6.45) is 2.17. The number of hydrogen-bond acceptors (Lipinski definition) is 1. The van der Waals surface area contributed by atoms with Crippen LogP contribution in [0.3, 0.4) is 0 Å². The molecule has 1 nitrogen and oxygen atoms in total. The minimum Gasteiger partial charge on any atom is -0.494 e. The number of ether oxygens (including phenoxy) is 1. The standard InChI is InChI=1S/C12H16BrClO/c1-2-15-12-6-5-11(9-14)10(8-12)4-3-7-13/h5-6,8H,2-4,7,9H2,1H3. The number of rotatable bonds is 6. The molecule has 1 aromatic rings. The van der Waals surface area contributed by atoms with Gasteiger partial charge in [0.2, 0.25) is 0 Å². The van der Waals surface area contributed by atoms with Crippen LogP contribution in [-0.2, 0) is 12.3 Å². The van der Waals surface area contributed by atoms with Crippen molar-refractivity contribution in [1.29, 1.82) is 0 Å². The molecular formula is C12H16BrClO. The predicted molar refractivity (Wildman–Crippen MR) is 69.3 cm³/mol. The second kappa shape index (κ2) is 7.13. The van der Waals surface area contributed by atoms with Crippen molar-refractivity contribution < 1.29 is 4.74 Å². The maximum Gasteiger partial charge on any atom is 0.119 e. The van der Waals surface area contributed by atoms with E-state index in [0.717, 1.165) is 23.9 Å². The van der Waals surface area contributed by atoms with Crippen molar-refractivity contribution in [2.24, 2.45) is 0 Å². The summed E-state index contributed by atoms with van der Waals surface area (Å²) in [5.41, 5.74) is 2.51. The van der Waals surface area contributed by atoms with Gasteiger partial charge in [-0.15, -0.1) is 11.6 Å². The molecule has 0 unspecified atom stereocenters. The molecule has 0 amide bonds. The molecule has 1 rings (SSSR count). The smallest absolute Gasteiger partial charge is 0.119 e. The van der Waals surface area contributed by atoms with Gasteiger partial charge >= 0.3 is 0 Å². The molecule has 0 N–H and O–H groups in total. The van der Waals surface area contributed by atoms with E-state index in [1.165, 1.54) is 11.1 Å². The lowest BCUT2D eigenvalue weighted by Crippen LogP contribution is -1.97. The molecule has 0 radical (unpaired) electrons. The minimum absolute atomic E-state index is 0.573. The lowest BCUT2D eigenvalue weighted by Gasteiger charge is -2.09. The third kappa shape index (κ3) is 4.04. The zero-order valence-corrected chi connectivity index (χ0v) is 11.3. The van der Waals surface area contributed by atoms with Gasteiger partial charge in [0.1, 0.15) is 5.75 Å². The van der Waals surface area contributed by atoms with Crippen molar-refractivity contribution in [3.8, 4) is 5.75 Å². The highest BCUT2D eigenvalue weighted by Crippen LogP contribution is 2.21. The van der Waals surface area contributed by atoms with Gasteiger partial charge in [0.05, 0.1) is 6.61 Å². The monoisotopic (exact) mass is 290 g/mol. The fourth-order valence-corrected chi connectivity index (χ4v) is 2.02. The number of hydrogen-bond donors (Lipinski definition) is 0. The van der Waals surface area contributed by atoms with Crippen molar-refractivity contribution in [2.75, 3.05) is 11.9 Å². The average molecular weight is 292 g/mol. The van der Waals surface area contributed by atoms with Gasteiger partial charge in [0, 0.05) is 11.2 Å². The van der Waals surface area contributed by atoms with Crippen molar-refractivity contribution in [2.45, 2.75) is 25.6 Å². The third-order valence-electron chi connectivity index (χ3n) is 2.21. The molecule has 0 saturated heterocycles. The molecule has 0 aliphatic heterocycles. The van der Waals surface area contributed by atoms with Gasteiger partial charge in [-0.05, 0) is 43.0 Å². The van der Waals surface area contributed by atoms with Crippen molar-refractivity contribution >= 4 is 27.5 Å². The molecule has 0 atom stereocenters. The Bertz CT molecular complexity index is 302. The highest BCUT2D eigenvalue weighted by atomic mass is 79.9. The molecule has 1 aromatic carbocycles. The van der Waals surface area contributed by atoms with E-state index in [1.54, 1.807) is 0 Å². The molecule has 0 bridgehead atoms. The van der Waals surface area contributed by atoms with Gasteiger partial charge in [-0.1, -0.05) is 22.0 Å². The summed E-state index contributed by atoms with van der Waals surface area (Å²) in [6, 6.07) is 6.14. The van der Waals surface area contributed by atoms with Crippen LogP contribution in [0.1, 0.15) is 24.5 Å². The summed E-state index contributed by atoms with van der Waals surface area (Å²) < 4.78 is 5.47. The topological polar surface area (TPSA) is 9.23 Å². The van der Waals surface area contributed by atoms with Gasteiger partial charge in [-0.3, -0.25) is 0 Å². The molecule has 3 heteroatoms. The van der Waals surface area contributed by atoms with Crippen LogP contribution in [0.25, 0.3) is 0 Å². The highest BCUT2D eigenvalue weighted by Gasteiger charge is 2.03. The van der Waals surface area contributed by atoms with Gasteiger partial charge in [0.25, 0.3) is 0 Å². The summed E-state index contributed by atoms with van der Waals surface area (Å²) in [6.45, 7) is 2.70. The fourth-order valence-electron chi connectivity index (χ4n) is 1.48. The van der Waals surface area contributed by atoms with E-state index >= 15 is 0 Å². The molecule has 0 aromatic heterocycles. The molecule has 0 spiro atoms. The van der Waals surface area contributed by atoms with E-state index in [0.29, 0.717) is 12.5 Å². The number of aryl methyl sites for hydroxylation is 1. The first-order chi connectivity index (χ1) is 7.31. The Hall–Kier alpha value is -0.210. The van der Waals surface area contributed by atoms with Crippen LogP contribution in [0, 0.1) is 0 Å². The van der Waals surface area contributed by atoms with E-state index in [1.807, 2.05) is 13.0 Å². The first-order valence-corrected chi connectivity index (χ1v) is 6.84. The molecule has 0 aliphatic carbocycles. The number of alkyl halides is 2.